The Bertz CT molecular complexity index is 503. The van der Waals surface area contributed by atoms with Crippen molar-refractivity contribution >= 4 is 17.2 Å². The maximum Gasteiger partial charge on any atom is 0.129 e. The molecule has 1 saturated carbocycles. The predicted molar refractivity (Wildman–Crippen MR) is 80.5 cm³/mol. The van der Waals surface area contributed by atoms with Crippen LogP contribution < -0.4 is 10.6 Å². The van der Waals surface area contributed by atoms with Gasteiger partial charge in [-0.15, -0.1) is 11.3 Å². The molecular weight excluding hydrogens is 254 g/mol. The fourth-order valence-corrected chi connectivity index (χ4v) is 2.96. The fourth-order valence-electron chi connectivity index (χ4n) is 2.25. The van der Waals surface area contributed by atoms with Crippen LogP contribution in [-0.2, 0) is 13.0 Å². The van der Waals surface area contributed by atoms with Gasteiger partial charge >= 0.3 is 0 Å². The Morgan fingerprint density at radius 2 is 2.21 bits per heavy atom. The molecule has 2 aromatic rings. The summed E-state index contributed by atoms with van der Waals surface area (Å²) in [6.45, 7) is 1.66. The van der Waals surface area contributed by atoms with Crippen molar-refractivity contribution in [3.63, 3.8) is 0 Å². The molecule has 0 radical (unpaired) electrons. The minimum Gasteiger partial charge on any atom is -0.348 e. The SMILES string of the molecule is NCCc1ccc(N(Cc2cccs2)C2CC2)nc1. The van der Waals surface area contributed by atoms with Gasteiger partial charge in [0.25, 0.3) is 0 Å². The molecule has 0 unspecified atom stereocenters. The molecule has 0 aromatic carbocycles. The van der Waals surface area contributed by atoms with E-state index in [1.54, 1.807) is 0 Å². The highest BCUT2D eigenvalue weighted by Crippen LogP contribution is 2.32. The molecule has 1 aliphatic rings. The molecule has 0 bridgehead atoms. The van der Waals surface area contributed by atoms with E-state index in [4.69, 9.17) is 5.73 Å². The van der Waals surface area contributed by atoms with Crippen LogP contribution in [0.4, 0.5) is 5.82 Å². The molecule has 3 nitrogen and oxygen atoms in total. The molecule has 0 saturated heterocycles. The van der Waals surface area contributed by atoms with E-state index >= 15 is 0 Å². The molecule has 3 rings (SSSR count). The zero-order chi connectivity index (χ0) is 13.1. The Kier molecular flexibility index (Phi) is 3.80. The van der Waals surface area contributed by atoms with Gasteiger partial charge in [0.2, 0.25) is 0 Å². The lowest BCUT2D eigenvalue weighted by molar-refractivity contribution is 0.784. The second-order valence-electron chi connectivity index (χ2n) is 5.00. The van der Waals surface area contributed by atoms with Gasteiger partial charge in [-0.05, 0) is 48.9 Å². The summed E-state index contributed by atoms with van der Waals surface area (Å²) in [7, 11) is 0. The zero-order valence-electron chi connectivity index (χ0n) is 11.0. The third-order valence-electron chi connectivity index (χ3n) is 3.43. The molecule has 1 aliphatic carbocycles. The largest absolute Gasteiger partial charge is 0.348 e. The number of pyridine rings is 1. The van der Waals surface area contributed by atoms with Gasteiger partial charge in [-0.3, -0.25) is 0 Å². The van der Waals surface area contributed by atoms with Gasteiger partial charge in [0.15, 0.2) is 0 Å². The molecule has 4 heteroatoms. The van der Waals surface area contributed by atoms with Gasteiger partial charge < -0.3 is 10.6 Å². The average Bonchev–Trinajstić information content (AvgIpc) is 3.15. The Balaban J connectivity index is 1.76. The lowest BCUT2D eigenvalue weighted by atomic mass is 10.2. The third-order valence-corrected chi connectivity index (χ3v) is 4.29. The number of hydrogen-bond donors (Lipinski definition) is 1. The van der Waals surface area contributed by atoms with Gasteiger partial charge in [0, 0.05) is 17.1 Å². The summed E-state index contributed by atoms with van der Waals surface area (Å²) in [5, 5.41) is 2.14. The molecule has 2 heterocycles. The Hall–Kier alpha value is -1.39. The van der Waals surface area contributed by atoms with Crippen molar-refractivity contribution in [2.45, 2.75) is 31.8 Å². The van der Waals surface area contributed by atoms with E-state index in [-0.39, 0.29) is 0 Å². The number of nitrogens with two attached hydrogens (primary N) is 1. The standard InChI is InChI=1S/C15H19N3S/c16-8-7-12-3-6-15(17-10-12)18(13-4-5-13)11-14-2-1-9-19-14/h1-3,6,9-10,13H,4-5,7-8,11,16H2. The minimum atomic E-state index is 0.676. The van der Waals surface area contributed by atoms with E-state index in [0.29, 0.717) is 12.6 Å². The summed E-state index contributed by atoms with van der Waals surface area (Å²) in [6, 6.07) is 9.27. The summed E-state index contributed by atoms with van der Waals surface area (Å²) in [5.74, 6) is 1.09. The van der Waals surface area contributed by atoms with E-state index in [1.165, 1.54) is 23.3 Å². The van der Waals surface area contributed by atoms with Gasteiger partial charge in [0.1, 0.15) is 5.82 Å². The van der Waals surface area contributed by atoms with E-state index in [0.717, 1.165) is 18.8 Å². The quantitative estimate of drug-likeness (QED) is 0.880. The van der Waals surface area contributed by atoms with E-state index in [1.807, 2.05) is 17.5 Å². The van der Waals surface area contributed by atoms with Crippen molar-refractivity contribution in [3.05, 3.63) is 46.3 Å². The highest BCUT2D eigenvalue weighted by Gasteiger charge is 2.30. The van der Waals surface area contributed by atoms with Crippen LogP contribution in [0.3, 0.4) is 0 Å². The monoisotopic (exact) mass is 273 g/mol. The van der Waals surface area contributed by atoms with E-state index < -0.39 is 0 Å². The summed E-state index contributed by atoms with van der Waals surface area (Å²) >= 11 is 1.82. The number of aromatic nitrogens is 1. The first-order chi connectivity index (χ1) is 9.36. The molecule has 0 amide bonds. The van der Waals surface area contributed by atoms with Crippen molar-refractivity contribution in [1.82, 2.24) is 4.98 Å². The molecular formula is C15H19N3S. The maximum absolute atomic E-state index is 5.57. The normalized spacial score (nSPS) is 14.6. The lowest BCUT2D eigenvalue weighted by Crippen LogP contribution is -2.25. The van der Waals surface area contributed by atoms with Gasteiger partial charge in [-0.1, -0.05) is 12.1 Å². The van der Waals surface area contributed by atoms with Gasteiger partial charge in [-0.25, -0.2) is 4.98 Å². The van der Waals surface area contributed by atoms with Crippen LogP contribution in [0.2, 0.25) is 0 Å². The maximum atomic E-state index is 5.57. The first-order valence-corrected chi connectivity index (χ1v) is 7.69. The summed E-state index contributed by atoms with van der Waals surface area (Å²) in [4.78, 5) is 8.45. The van der Waals surface area contributed by atoms with Crippen LogP contribution >= 0.6 is 11.3 Å². The molecule has 0 atom stereocenters. The van der Waals surface area contributed by atoms with E-state index in [2.05, 4.69) is 39.5 Å². The smallest absolute Gasteiger partial charge is 0.129 e. The summed E-state index contributed by atoms with van der Waals surface area (Å²) in [6.07, 6.45) is 5.45. The van der Waals surface area contributed by atoms with Gasteiger partial charge in [0.05, 0.1) is 6.54 Å². The van der Waals surface area contributed by atoms with Crippen molar-refractivity contribution in [3.8, 4) is 0 Å². The van der Waals surface area contributed by atoms with Crippen molar-refractivity contribution in [2.24, 2.45) is 5.73 Å². The predicted octanol–water partition coefficient (Wildman–Crippen LogP) is 2.81. The molecule has 1 fully saturated rings. The Morgan fingerprint density at radius 3 is 2.79 bits per heavy atom. The summed E-state index contributed by atoms with van der Waals surface area (Å²) < 4.78 is 0. The van der Waals surface area contributed by atoms with E-state index in [9.17, 15) is 0 Å². The zero-order valence-corrected chi connectivity index (χ0v) is 11.8. The van der Waals surface area contributed by atoms with Gasteiger partial charge in [-0.2, -0.15) is 0 Å². The highest BCUT2D eigenvalue weighted by molar-refractivity contribution is 7.09. The van der Waals surface area contributed by atoms with Crippen molar-refractivity contribution in [1.29, 1.82) is 0 Å². The minimum absolute atomic E-state index is 0.676. The Labute approximate surface area is 118 Å². The van der Waals surface area contributed by atoms with Crippen LogP contribution in [0.15, 0.2) is 35.8 Å². The highest BCUT2D eigenvalue weighted by atomic mass is 32.1. The van der Waals surface area contributed by atoms with Crippen LogP contribution in [-0.4, -0.2) is 17.6 Å². The van der Waals surface area contributed by atoms with Crippen LogP contribution in [0.25, 0.3) is 0 Å². The number of thiophene rings is 1. The number of anilines is 1. The average molecular weight is 273 g/mol. The lowest BCUT2D eigenvalue weighted by Gasteiger charge is -2.23. The number of rotatable bonds is 6. The Morgan fingerprint density at radius 1 is 1.32 bits per heavy atom. The third kappa shape index (κ3) is 3.14. The fraction of sp³-hybridized carbons (Fsp3) is 0.400. The van der Waals surface area contributed by atoms with Crippen LogP contribution in [0, 0.1) is 0 Å². The van der Waals surface area contributed by atoms with Crippen LogP contribution in [0.5, 0.6) is 0 Å². The molecule has 19 heavy (non-hydrogen) atoms. The molecule has 0 spiro atoms. The second-order valence-corrected chi connectivity index (χ2v) is 6.03. The molecule has 0 aliphatic heterocycles. The summed E-state index contributed by atoms with van der Waals surface area (Å²) in [5.41, 5.74) is 6.79. The van der Waals surface area contributed by atoms with Crippen molar-refractivity contribution in [2.75, 3.05) is 11.4 Å². The van der Waals surface area contributed by atoms with Crippen LogP contribution in [0.1, 0.15) is 23.3 Å². The molecule has 100 valence electrons. The second kappa shape index (κ2) is 5.72. The first-order valence-electron chi connectivity index (χ1n) is 6.81. The van der Waals surface area contributed by atoms with Crippen molar-refractivity contribution < 1.29 is 0 Å². The molecule has 2 N–H and O–H groups in total. The number of nitrogens with zero attached hydrogens (tertiary/aromatic N) is 2. The first kappa shape index (κ1) is 12.6. The molecule has 2 aromatic heterocycles. The topological polar surface area (TPSA) is 42.1 Å². The number of hydrogen-bond acceptors (Lipinski definition) is 4.